The van der Waals surface area contributed by atoms with E-state index in [0.29, 0.717) is 24.3 Å². The summed E-state index contributed by atoms with van der Waals surface area (Å²) in [7, 11) is -7.48. The lowest BCUT2D eigenvalue weighted by Crippen LogP contribution is -2.63. The molecule has 0 radical (unpaired) electrons. The summed E-state index contributed by atoms with van der Waals surface area (Å²) < 4.78 is 191. The van der Waals surface area contributed by atoms with E-state index >= 15 is 0 Å². The lowest BCUT2D eigenvalue weighted by atomic mass is 9.97. The minimum Gasteiger partial charge on any atom is -0.462 e. The maximum Gasteiger partial charge on any atom is 0.460 e. The topological polar surface area (TPSA) is 69.7 Å². The van der Waals surface area contributed by atoms with Gasteiger partial charge in [-0.05, 0) is 36.8 Å². The van der Waals surface area contributed by atoms with Gasteiger partial charge in [-0.15, -0.1) is 0 Å². The van der Waals surface area contributed by atoms with Crippen molar-refractivity contribution in [1.82, 2.24) is 0 Å². The molecule has 0 fully saturated rings. The van der Waals surface area contributed by atoms with Crippen molar-refractivity contribution in [3.05, 3.63) is 53.6 Å². The minimum atomic E-state index is -7.63. The molecule has 0 aliphatic rings. The number of ether oxygens (including phenoxy) is 1. The third kappa shape index (κ3) is 5.35. The van der Waals surface area contributed by atoms with Gasteiger partial charge in [0, 0.05) is 5.56 Å². The monoisotopic (exact) mass is 592 g/mol. The molecule has 0 bridgehead atoms. The molecule has 0 aliphatic carbocycles. The van der Waals surface area contributed by atoms with Gasteiger partial charge in [-0.3, -0.25) is 0 Å². The molecule has 5 nitrogen and oxygen atoms in total. The Balaban J connectivity index is 2.78. The maximum atomic E-state index is 14.1. The Labute approximate surface area is 205 Å². The molecule has 0 spiro atoms. The summed E-state index contributed by atoms with van der Waals surface area (Å²) in [6, 6.07) is 3.95. The van der Waals surface area contributed by atoms with Crippen molar-refractivity contribution in [3.8, 4) is 16.9 Å². The normalized spacial score (nSPS) is 13.8. The van der Waals surface area contributed by atoms with Gasteiger partial charge < -0.3 is 8.92 Å². The van der Waals surface area contributed by atoms with Gasteiger partial charge in [-0.1, -0.05) is 18.2 Å². The van der Waals surface area contributed by atoms with Crippen LogP contribution in [-0.2, 0) is 21.0 Å². The SMILES string of the molecule is CCOC(=O)c1cccc(OS(=O)(=O)C(F)(F)C(F)(F)C(F)(F)C(F)(F)F)c1-c1cccc(C(F)(F)F)c1. The van der Waals surface area contributed by atoms with Gasteiger partial charge in [0.25, 0.3) is 0 Å². The van der Waals surface area contributed by atoms with Gasteiger partial charge in [-0.2, -0.15) is 61.1 Å². The lowest BCUT2D eigenvalue weighted by molar-refractivity contribution is -0.382. The van der Waals surface area contributed by atoms with E-state index in [2.05, 4.69) is 8.92 Å². The van der Waals surface area contributed by atoms with Gasteiger partial charge >= 0.3 is 45.5 Å². The predicted molar refractivity (Wildman–Crippen MR) is 103 cm³/mol. The molecular weight excluding hydrogens is 580 g/mol. The molecule has 0 amide bonds. The highest BCUT2D eigenvalue weighted by Gasteiger charge is 2.86. The summed E-state index contributed by atoms with van der Waals surface area (Å²) in [5.41, 5.74) is -4.18. The van der Waals surface area contributed by atoms with Crippen LogP contribution in [0.2, 0.25) is 0 Å². The summed E-state index contributed by atoms with van der Waals surface area (Å²) >= 11 is 0. The molecule has 2 aromatic carbocycles. The molecule has 38 heavy (non-hydrogen) atoms. The summed E-state index contributed by atoms with van der Waals surface area (Å²) in [6.45, 7) is 0.858. The van der Waals surface area contributed by atoms with Crippen molar-refractivity contribution in [2.75, 3.05) is 6.61 Å². The van der Waals surface area contributed by atoms with E-state index in [4.69, 9.17) is 0 Å². The standard InChI is InChI=1S/C20H12F12O5S/c1-2-36-15(33)12-7-4-8-13(14(12)10-5-3-6-11(9-10)16(21,22)23)37-38(34,35)20(31,32)18(26,27)17(24,25)19(28,29)30/h3-9H,2H2,1H3. The Morgan fingerprint density at radius 3 is 1.87 bits per heavy atom. The second-order valence-electron chi connectivity index (χ2n) is 7.18. The number of rotatable bonds is 8. The second-order valence-corrected chi connectivity index (χ2v) is 8.77. The molecule has 212 valence electrons. The molecular formula is C20H12F12O5S. The number of hydrogen-bond acceptors (Lipinski definition) is 5. The quantitative estimate of drug-likeness (QED) is 0.194. The zero-order chi connectivity index (χ0) is 29.5. The highest BCUT2D eigenvalue weighted by Crippen LogP contribution is 2.55. The van der Waals surface area contributed by atoms with Crippen LogP contribution in [0.1, 0.15) is 22.8 Å². The summed E-state index contributed by atoms with van der Waals surface area (Å²) in [5, 5.41) is -7.26. The molecule has 2 aromatic rings. The average Bonchev–Trinajstić information content (AvgIpc) is 2.77. The second kappa shape index (κ2) is 9.85. The fraction of sp³-hybridized carbons (Fsp3) is 0.350. The summed E-state index contributed by atoms with van der Waals surface area (Å²) in [6.07, 6.45) is -12.4. The zero-order valence-corrected chi connectivity index (χ0v) is 19.1. The van der Waals surface area contributed by atoms with Crippen LogP contribution in [0.4, 0.5) is 52.7 Å². The fourth-order valence-electron chi connectivity index (χ4n) is 2.82. The fourth-order valence-corrected chi connectivity index (χ4v) is 3.74. The first-order valence-corrected chi connectivity index (χ1v) is 11.1. The predicted octanol–water partition coefficient (Wildman–Crippen LogP) is 6.68. The van der Waals surface area contributed by atoms with Crippen LogP contribution < -0.4 is 4.18 Å². The maximum absolute atomic E-state index is 14.1. The molecule has 0 atom stereocenters. The van der Waals surface area contributed by atoms with E-state index < -0.39 is 73.5 Å². The molecule has 0 N–H and O–H groups in total. The van der Waals surface area contributed by atoms with E-state index in [-0.39, 0.29) is 12.7 Å². The Morgan fingerprint density at radius 1 is 0.816 bits per heavy atom. The average molecular weight is 592 g/mol. The molecule has 0 saturated heterocycles. The van der Waals surface area contributed by atoms with Crippen LogP contribution in [0.5, 0.6) is 5.75 Å². The number of carbonyl (C=O) groups excluding carboxylic acids is 1. The van der Waals surface area contributed by atoms with E-state index in [9.17, 15) is 65.9 Å². The summed E-state index contributed by atoms with van der Waals surface area (Å²) in [4.78, 5) is 12.3. The largest absolute Gasteiger partial charge is 0.462 e. The van der Waals surface area contributed by atoms with E-state index in [0.717, 1.165) is 12.1 Å². The third-order valence-corrected chi connectivity index (χ3v) is 5.91. The first kappa shape index (κ1) is 31.0. The van der Waals surface area contributed by atoms with Crippen LogP contribution in [0.3, 0.4) is 0 Å². The number of carbonyl (C=O) groups is 1. The smallest absolute Gasteiger partial charge is 0.460 e. The van der Waals surface area contributed by atoms with E-state index in [1.807, 2.05) is 0 Å². The van der Waals surface area contributed by atoms with Gasteiger partial charge in [0.15, 0.2) is 5.75 Å². The summed E-state index contributed by atoms with van der Waals surface area (Å²) in [5.74, 6) is -18.2. The third-order valence-electron chi connectivity index (χ3n) is 4.63. The van der Waals surface area contributed by atoms with Gasteiger partial charge in [0.05, 0.1) is 17.7 Å². The van der Waals surface area contributed by atoms with E-state index in [1.165, 1.54) is 6.92 Å². The van der Waals surface area contributed by atoms with Crippen LogP contribution in [0.15, 0.2) is 42.5 Å². The highest BCUT2D eigenvalue weighted by atomic mass is 32.2. The van der Waals surface area contributed by atoms with Gasteiger partial charge in [-0.25, -0.2) is 4.79 Å². The van der Waals surface area contributed by atoms with Crippen molar-refractivity contribution in [1.29, 1.82) is 0 Å². The Hall–Kier alpha value is -3.18. The molecule has 0 aromatic heterocycles. The number of esters is 1. The van der Waals surface area contributed by atoms with Crippen LogP contribution >= 0.6 is 0 Å². The zero-order valence-electron chi connectivity index (χ0n) is 18.2. The number of hydrogen-bond donors (Lipinski definition) is 0. The van der Waals surface area contributed by atoms with Gasteiger partial charge in [0.1, 0.15) is 0 Å². The van der Waals surface area contributed by atoms with Crippen molar-refractivity contribution in [2.24, 2.45) is 0 Å². The molecule has 18 heteroatoms. The van der Waals surface area contributed by atoms with Crippen molar-refractivity contribution >= 4 is 16.1 Å². The highest BCUT2D eigenvalue weighted by molar-refractivity contribution is 7.88. The van der Waals surface area contributed by atoms with Crippen LogP contribution in [0, 0.1) is 0 Å². The molecule has 0 heterocycles. The lowest BCUT2D eigenvalue weighted by Gasteiger charge is -2.32. The first-order valence-electron chi connectivity index (χ1n) is 9.65. The number of alkyl halides is 12. The van der Waals surface area contributed by atoms with Crippen molar-refractivity contribution in [2.45, 2.75) is 36.4 Å². The first-order chi connectivity index (χ1) is 17.0. The Kier molecular flexibility index (Phi) is 8.04. The Bertz CT molecular complexity index is 1300. The number of benzene rings is 2. The van der Waals surface area contributed by atoms with Gasteiger partial charge in [0.2, 0.25) is 0 Å². The van der Waals surface area contributed by atoms with Crippen molar-refractivity contribution < 1.29 is 74.8 Å². The number of halogens is 12. The molecule has 0 saturated carbocycles. The Morgan fingerprint density at radius 2 is 1.37 bits per heavy atom. The molecule has 2 rings (SSSR count). The minimum absolute atomic E-state index is 0.252. The van der Waals surface area contributed by atoms with Crippen LogP contribution in [-0.4, -0.2) is 44.3 Å². The van der Waals surface area contributed by atoms with E-state index in [1.54, 1.807) is 0 Å². The molecule has 0 unspecified atom stereocenters. The molecule has 0 aliphatic heterocycles. The van der Waals surface area contributed by atoms with Crippen molar-refractivity contribution in [3.63, 3.8) is 0 Å². The van der Waals surface area contributed by atoms with Crippen LogP contribution in [0.25, 0.3) is 11.1 Å².